The summed E-state index contributed by atoms with van der Waals surface area (Å²) in [6.07, 6.45) is 1.98. The van der Waals surface area contributed by atoms with Crippen molar-refractivity contribution in [3.8, 4) is 11.1 Å². The van der Waals surface area contributed by atoms with E-state index in [1.165, 1.54) is 0 Å². The number of hydrogen-bond acceptors (Lipinski definition) is 7. The molecule has 1 fully saturated rings. The summed E-state index contributed by atoms with van der Waals surface area (Å²) in [5.74, 6) is -0.491. The average Bonchev–Trinajstić information content (AvgIpc) is 3.06. The van der Waals surface area contributed by atoms with Crippen LogP contribution in [0.5, 0.6) is 0 Å². The average molecular weight is 563 g/mol. The van der Waals surface area contributed by atoms with Crippen molar-refractivity contribution in [1.82, 2.24) is 15.1 Å². The number of fused-ring (bicyclic) bond motifs is 2. The predicted octanol–water partition coefficient (Wildman–Crippen LogP) is 3.40. The number of rotatable bonds is 8. The van der Waals surface area contributed by atoms with Crippen molar-refractivity contribution < 1.29 is 18.0 Å². The molecule has 2 amide bonds. The second-order valence-corrected chi connectivity index (χ2v) is 12.0. The zero-order valence-electron chi connectivity index (χ0n) is 22.7. The Morgan fingerprint density at radius 3 is 2.45 bits per heavy atom. The van der Waals surface area contributed by atoms with Crippen molar-refractivity contribution >= 4 is 44.6 Å². The molecule has 5 rings (SSSR count). The van der Waals surface area contributed by atoms with E-state index >= 15 is 0 Å². The van der Waals surface area contributed by atoms with Gasteiger partial charge in [0.2, 0.25) is 10.0 Å². The lowest BCUT2D eigenvalue weighted by Gasteiger charge is -2.32. The van der Waals surface area contributed by atoms with E-state index in [2.05, 4.69) is 37.5 Å². The van der Waals surface area contributed by atoms with Gasteiger partial charge in [-0.2, -0.15) is 0 Å². The molecule has 0 radical (unpaired) electrons. The normalized spacial score (nSPS) is 15.7. The summed E-state index contributed by atoms with van der Waals surface area (Å²) in [4.78, 5) is 30.6. The van der Waals surface area contributed by atoms with Gasteiger partial charge in [-0.3, -0.25) is 14.3 Å². The highest BCUT2D eigenvalue weighted by Gasteiger charge is 2.22. The Labute approximate surface area is 234 Å². The fourth-order valence-corrected chi connectivity index (χ4v) is 5.53. The zero-order chi connectivity index (χ0) is 28.3. The smallest absolute Gasteiger partial charge is 0.257 e. The molecule has 2 aliphatic rings. The topological polar surface area (TPSA) is 123 Å². The van der Waals surface area contributed by atoms with Crippen LogP contribution in [0.2, 0.25) is 0 Å². The molecule has 0 atom stereocenters. The molecule has 0 unspecified atom stereocenters. The third kappa shape index (κ3) is 6.61. The van der Waals surface area contributed by atoms with Gasteiger partial charge in [-0.05, 0) is 62.0 Å². The first kappa shape index (κ1) is 27.6. The van der Waals surface area contributed by atoms with E-state index in [1.807, 2.05) is 18.2 Å². The van der Waals surface area contributed by atoms with Crippen molar-refractivity contribution in [2.75, 3.05) is 67.9 Å². The number of benzene rings is 3. The molecule has 0 spiro atoms. The summed E-state index contributed by atoms with van der Waals surface area (Å²) >= 11 is 0. The maximum Gasteiger partial charge on any atom is 0.257 e. The second-order valence-electron chi connectivity index (χ2n) is 10.3. The van der Waals surface area contributed by atoms with Gasteiger partial charge in [-0.15, -0.1) is 0 Å². The van der Waals surface area contributed by atoms with E-state index in [-0.39, 0.29) is 11.8 Å². The summed E-state index contributed by atoms with van der Waals surface area (Å²) < 4.78 is 26.3. The summed E-state index contributed by atoms with van der Waals surface area (Å²) in [6, 6.07) is 17.6. The maximum atomic E-state index is 13.1. The van der Waals surface area contributed by atoms with Crippen LogP contribution in [-0.4, -0.2) is 82.6 Å². The van der Waals surface area contributed by atoms with E-state index in [1.54, 1.807) is 42.5 Å². The molecule has 4 N–H and O–H groups in total. The SMILES string of the molecule is CN1CCN(CCCNC(=O)c2ccc3c(c2)NC(=O)c2ccc(-c4ccccc4NS(C)(=O)=O)cc2N3)CC1. The Bertz CT molecular complexity index is 1530. The molecule has 2 aliphatic heterocycles. The molecule has 0 aliphatic carbocycles. The van der Waals surface area contributed by atoms with Crippen molar-refractivity contribution in [2.45, 2.75) is 6.42 Å². The predicted molar refractivity (Wildman–Crippen MR) is 159 cm³/mol. The molecule has 1 saturated heterocycles. The Balaban J connectivity index is 1.28. The van der Waals surface area contributed by atoms with Crippen molar-refractivity contribution in [2.24, 2.45) is 0 Å². The number of piperazine rings is 1. The molecule has 3 aromatic rings. The van der Waals surface area contributed by atoms with Crippen LogP contribution in [0.1, 0.15) is 27.1 Å². The third-order valence-corrected chi connectivity index (χ3v) is 7.72. The van der Waals surface area contributed by atoms with Gasteiger partial charge in [-0.1, -0.05) is 24.3 Å². The van der Waals surface area contributed by atoms with Crippen LogP contribution < -0.4 is 20.7 Å². The molecule has 11 heteroatoms. The molecule has 0 saturated carbocycles. The summed E-state index contributed by atoms with van der Waals surface area (Å²) in [6.45, 7) is 5.77. The van der Waals surface area contributed by atoms with Gasteiger partial charge in [0.1, 0.15) is 0 Å². The van der Waals surface area contributed by atoms with Gasteiger partial charge in [0, 0.05) is 43.9 Å². The highest BCUT2D eigenvalue weighted by molar-refractivity contribution is 7.92. The van der Waals surface area contributed by atoms with Gasteiger partial charge < -0.3 is 25.8 Å². The third-order valence-electron chi connectivity index (χ3n) is 7.13. The molecule has 210 valence electrons. The number of hydrogen-bond donors (Lipinski definition) is 4. The molecule has 0 aromatic heterocycles. The molecule has 0 bridgehead atoms. The number of nitrogens with one attached hydrogen (secondary N) is 4. The highest BCUT2D eigenvalue weighted by atomic mass is 32.2. The number of carbonyl (C=O) groups is 2. The van der Waals surface area contributed by atoms with Crippen LogP contribution in [-0.2, 0) is 10.0 Å². The van der Waals surface area contributed by atoms with Gasteiger partial charge in [-0.25, -0.2) is 8.42 Å². The fourth-order valence-electron chi connectivity index (χ4n) is 4.95. The number of para-hydroxylation sites is 1. The van der Waals surface area contributed by atoms with Crippen molar-refractivity contribution in [1.29, 1.82) is 0 Å². The number of likely N-dealkylation sites (N-methyl/N-ethyl adjacent to an activating group) is 1. The first-order chi connectivity index (χ1) is 19.2. The summed E-state index contributed by atoms with van der Waals surface area (Å²) in [5, 5.41) is 9.20. The lowest BCUT2D eigenvalue weighted by Crippen LogP contribution is -2.45. The number of anilines is 4. The minimum atomic E-state index is -3.47. The lowest BCUT2D eigenvalue weighted by molar-refractivity contribution is 0.0948. The van der Waals surface area contributed by atoms with E-state index < -0.39 is 10.0 Å². The van der Waals surface area contributed by atoms with E-state index in [0.717, 1.165) is 51.0 Å². The van der Waals surface area contributed by atoms with Crippen LogP contribution in [0.25, 0.3) is 11.1 Å². The van der Waals surface area contributed by atoms with Crippen LogP contribution in [0.3, 0.4) is 0 Å². The standard InChI is InChI=1S/C29H34N6O4S/c1-34-14-16-35(17-15-34)13-5-12-30-28(36)21-9-11-25-27(19-21)32-29(37)23-10-8-20(18-26(23)31-25)22-6-3-4-7-24(22)33-40(2,38)39/h3-4,6-11,18-19,31,33H,5,12-17H2,1-2H3,(H,30,36)(H,32,37). The van der Waals surface area contributed by atoms with E-state index in [9.17, 15) is 18.0 Å². The molecule has 40 heavy (non-hydrogen) atoms. The number of sulfonamides is 1. The number of amides is 2. The number of carbonyl (C=O) groups excluding carboxylic acids is 2. The first-order valence-electron chi connectivity index (χ1n) is 13.3. The first-order valence-corrected chi connectivity index (χ1v) is 15.2. The van der Waals surface area contributed by atoms with Crippen molar-refractivity contribution in [3.05, 3.63) is 71.8 Å². The number of nitrogens with zero attached hydrogens (tertiary/aromatic N) is 2. The zero-order valence-corrected chi connectivity index (χ0v) is 23.5. The van der Waals surface area contributed by atoms with E-state index in [0.29, 0.717) is 46.0 Å². The Morgan fingerprint density at radius 1 is 0.900 bits per heavy atom. The largest absolute Gasteiger partial charge is 0.353 e. The quantitative estimate of drug-likeness (QED) is 0.311. The minimum absolute atomic E-state index is 0.186. The highest BCUT2D eigenvalue weighted by Crippen LogP contribution is 2.37. The van der Waals surface area contributed by atoms with E-state index in [4.69, 9.17) is 0 Å². The Hall–Kier alpha value is -3.93. The minimum Gasteiger partial charge on any atom is -0.353 e. The van der Waals surface area contributed by atoms with Crippen LogP contribution >= 0.6 is 0 Å². The lowest BCUT2D eigenvalue weighted by atomic mass is 10.0. The second kappa shape index (κ2) is 11.7. The molecule has 10 nitrogen and oxygen atoms in total. The van der Waals surface area contributed by atoms with Crippen LogP contribution in [0, 0.1) is 0 Å². The Morgan fingerprint density at radius 2 is 1.68 bits per heavy atom. The Kier molecular flexibility index (Phi) is 8.06. The van der Waals surface area contributed by atoms with Crippen LogP contribution in [0.15, 0.2) is 60.7 Å². The molecule has 2 heterocycles. The summed E-state index contributed by atoms with van der Waals surface area (Å²) in [7, 11) is -1.34. The van der Waals surface area contributed by atoms with Gasteiger partial charge in [0.05, 0.1) is 34.6 Å². The molecule has 3 aromatic carbocycles. The van der Waals surface area contributed by atoms with Gasteiger partial charge in [0.15, 0.2) is 0 Å². The summed E-state index contributed by atoms with van der Waals surface area (Å²) in [5.41, 5.74) is 4.50. The molecular formula is C29H34N6O4S. The monoisotopic (exact) mass is 562 g/mol. The molecular weight excluding hydrogens is 528 g/mol. The van der Waals surface area contributed by atoms with Crippen LogP contribution in [0.4, 0.5) is 22.7 Å². The maximum absolute atomic E-state index is 13.1. The van der Waals surface area contributed by atoms with Gasteiger partial charge in [0.25, 0.3) is 11.8 Å². The fraction of sp³-hybridized carbons (Fsp3) is 0.310. The van der Waals surface area contributed by atoms with Crippen molar-refractivity contribution in [3.63, 3.8) is 0 Å². The van der Waals surface area contributed by atoms with Gasteiger partial charge >= 0.3 is 0 Å².